The van der Waals surface area contributed by atoms with Crippen LogP contribution in [0.1, 0.15) is 0 Å². The molecule has 0 spiro atoms. The molecule has 0 rings (SSSR count). The van der Waals surface area contributed by atoms with Crippen LogP contribution >= 0.6 is 0 Å². The quantitative estimate of drug-likeness (QED) is 0.112. The third kappa shape index (κ3) is 9.53. The summed E-state index contributed by atoms with van der Waals surface area (Å²) < 4.78 is 251. The SMILES string of the molecule is OCCOCCOCCOCCOCCOCCOC(F)(F)C(F)(F)C(F)(F)C(F)(F)C(F)(F)C(F)(F)C(F)(F)C(F)(F)F. The zero-order chi connectivity index (χ0) is 34.7. The Hall–Kier alpha value is -1.47. The number of aliphatic hydroxyl groups is 1. The molecule has 0 aromatic heterocycles. The first kappa shape index (κ1) is 42.5. The van der Waals surface area contributed by atoms with Crippen LogP contribution in [0.25, 0.3) is 0 Å². The lowest BCUT2D eigenvalue weighted by atomic mass is 9.90. The molecule has 0 heterocycles. The lowest BCUT2D eigenvalue weighted by Crippen LogP contribution is -2.74. The van der Waals surface area contributed by atoms with Gasteiger partial charge in [-0.05, 0) is 0 Å². The number of halogens is 17. The van der Waals surface area contributed by atoms with Gasteiger partial charge in [0.15, 0.2) is 0 Å². The number of hydrogen-bond donors (Lipinski definition) is 1. The fourth-order valence-electron chi connectivity index (χ4n) is 2.52. The summed E-state index contributed by atoms with van der Waals surface area (Å²) >= 11 is 0. The van der Waals surface area contributed by atoms with Crippen molar-refractivity contribution in [1.82, 2.24) is 0 Å². The third-order valence-corrected chi connectivity index (χ3v) is 4.93. The molecule has 0 atom stereocenters. The Bertz CT molecular complexity index is 825. The zero-order valence-corrected chi connectivity index (χ0v) is 21.8. The van der Waals surface area contributed by atoms with Crippen LogP contribution in [0.2, 0.25) is 0 Å². The summed E-state index contributed by atoms with van der Waals surface area (Å²) in [7, 11) is 0. The molecule has 0 saturated heterocycles. The van der Waals surface area contributed by atoms with Gasteiger partial charge in [0.1, 0.15) is 0 Å². The van der Waals surface area contributed by atoms with Gasteiger partial charge in [0, 0.05) is 0 Å². The van der Waals surface area contributed by atoms with Crippen LogP contribution in [0.15, 0.2) is 0 Å². The monoisotopic (exact) mass is 700 g/mol. The molecule has 0 radical (unpaired) electrons. The van der Waals surface area contributed by atoms with Gasteiger partial charge in [-0.3, -0.25) is 0 Å². The average molecular weight is 700 g/mol. The van der Waals surface area contributed by atoms with Gasteiger partial charge in [-0.1, -0.05) is 0 Å². The second kappa shape index (κ2) is 16.4. The van der Waals surface area contributed by atoms with E-state index in [1.807, 2.05) is 0 Å². The highest BCUT2D eigenvalue weighted by Crippen LogP contribution is 2.64. The zero-order valence-electron chi connectivity index (χ0n) is 21.8. The normalized spacial score (nSPS) is 14.9. The Balaban J connectivity index is 4.83. The molecule has 0 aliphatic carbocycles. The van der Waals surface area contributed by atoms with Gasteiger partial charge in [-0.25, -0.2) is 0 Å². The Labute approximate surface area is 236 Å². The molecule has 0 fully saturated rings. The van der Waals surface area contributed by atoms with E-state index < -0.39 is 67.6 Å². The molecular weight excluding hydrogens is 675 g/mol. The van der Waals surface area contributed by atoms with Gasteiger partial charge in [0.2, 0.25) is 0 Å². The molecule has 1 N–H and O–H groups in total. The van der Waals surface area contributed by atoms with Gasteiger partial charge in [-0.15, -0.1) is 0 Å². The number of ether oxygens (including phenoxy) is 6. The Morgan fingerprint density at radius 2 is 0.568 bits per heavy atom. The van der Waals surface area contributed by atoms with E-state index in [0.717, 1.165) is 0 Å². The molecule has 0 amide bonds. The second-order valence-electron chi connectivity index (χ2n) is 8.09. The second-order valence-corrected chi connectivity index (χ2v) is 8.09. The molecule has 0 bridgehead atoms. The van der Waals surface area contributed by atoms with E-state index in [4.69, 9.17) is 24.1 Å². The van der Waals surface area contributed by atoms with E-state index in [2.05, 4.69) is 9.47 Å². The van der Waals surface area contributed by atoms with Crippen LogP contribution in [0.3, 0.4) is 0 Å². The third-order valence-electron chi connectivity index (χ3n) is 4.93. The minimum absolute atomic E-state index is 0.00641. The fourth-order valence-corrected chi connectivity index (χ4v) is 2.52. The number of alkyl halides is 17. The Morgan fingerprint density at radius 3 is 0.864 bits per heavy atom. The van der Waals surface area contributed by atoms with Gasteiger partial charge in [0.25, 0.3) is 0 Å². The maximum absolute atomic E-state index is 13.6. The van der Waals surface area contributed by atoms with Crippen molar-refractivity contribution in [2.24, 2.45) is 0 Å². The average Bonchev–Trinajstić information content (AvgIpc) is 2.89. The van der Waals surface area contributed by atoms with Crippen molar-refractivity contribution in [3.05, 3.63) is 0 Å². The highest BCUT2D eigenvalue weighted by molar-refractivity contribution is 5.14. The van der Waals surface area contributed by atoms with Crippen molar-refractivity contribution in [2.45, 2.75) is 47.8 Å². The molecule has 0 aromatic carbocycles. The van der Waals surface area contributed by atoms with E-state index >= 15 is 0 Å². The van der Waals surface area contributed by atoms with Gasteiger partial charge >= 0.3 is 47.8 Å². The van der Waals surface area contributed by atoms with E-state index in [9.17, 15) is 74.6 Å². The predicted octanol–water partition coefficient (Wildman–Crippen LogP) is 5.05. The van der Waals surface area contributed by atoms with Crippen molar-refractivity contribution in [3.63, 3.8) is 0 Å². The standard InChI is InChI=1S/C20H25F17O7/c21-13(22,15(25,26)17(29,30)19(33,34)35)14(23,24)16(27,28)18(31,32)20(36,37)44-12-11-43-10-9-42-8-7-41-6-5-40-4-3-39-2-1-38/h38H,1-12H2. The van der Waals surface area contributed by atoms with Crippen molar-refractivity contribution >= 4 is 0 Å². The minimum Gasteiger partial charge on any atom is -0.394 e. The fraction of sp³-hybridized carbons (Fsp3) is 1.00. The Morgan fingerprint density at radius 1 is 0.318 bits per heavy atom. The van der Waals surface area contributed by atoms with Crippen LogP contribution in [-0.4, -0.2) is 132 Å². The summed E-state index contributed by atoms with van der Waals surface area (Å²) in [5.74, 6) is -50.5. The van der Waals surface area contributed by atoms with Crippen LogP contribution < -0.4 is 0 Å². The first-order valence-electron chi connectivity index (χ1n) is 11.7. The van der Waals surface area contributed by atoms with Crippen molar-refractivity contribution in [2.75, 3.05) is 79.3 Å². The lowest BCUT2D eigenvalue weighted by molar-refractivity contribution is -0.477. The summed E-state index contributed by atoms with van der Waals surface area (Å²) in [6.45, 7) is -3.28. The number of aliphatic hydroxyl groups excluding tert-OH is 1. The maximum Gasteiger partial charge on any atom is 0.460 e. The Kier molecular flexibility index (Phi) is 15.8. The molecule has 0 saturated carbocycles. The first-order chi connectivity index (χ1) is 19.8. The molecule has 266 valence electrons. The topological polar surface area (TPSA) is 75.6 Å². The molecular formula is C20H25F17O7. The summed E-state index contributed by atoms with van der Waals surface area (Å²) in [6.07, 6.45) is -14.7. The van der Waals surface area contributed by atoms with E-state index in [1.54, 1.807) is 0 Å². The van der Waals surface area contributed by atoms with Crippen LogP contribution in [0.5, 0.6) is 0 Å². The summed E-state index contributed by atoms with van der Waals surface area (Å²) in [5.41, 5.74) is 0. The maximum atomic E-state index is 13.6. The summed E-state index contributed by atoms with van der Waals surface area (Å²) in [4.78, 5) is 0. The largest absolute Gasteiger partial charge is 0.460 e. The van der Waals surface area contributed by atoms with Crippen LogP contribution in [-0.2, 0) is 28.4 Å². The molecule has 24 heteroatoms. The van der Waals surface area contributed by atoms with Crippen LogP contribution in [0.4, 0.5) is 74.6 Å². The first-order valence-corrected chi connectivity index (χ1v) is 11.7. The van der Waals surface area contributed by atoms with E-state index in [0.29, 0.717) is 0 Å². The van der Waals surface area contributed by atoms with E-state index in [-0.39, 0.29) is 59.5 Å². The molecule has 0 aliphatic rings. The summed E-state index contributed by atoms with van der Waals surface area (Å²) in [6, 6.07) is 0. The van der Waals surface area contributed by atoms with Gasteiger partial charge < -0.3 is 33.5 Å². The van der Waals surface area contributed by atoms with Crippen molar-refractivity contribution in [3.8, 4) is 0 Å². The number of rotatable bonds is 24. The van der Waals surface area contributed by atoms with Crippen molar-refractivity contribution < 1.29 is 108 Å². The van der Waals surface area contributed by atoms with Gasteiger partial charge in [0.05, 0.1) is 79.3 Å². The summed E-state index contributed by atoms with van der Waals surface area (Å²) in [5, 5.41) is 8.47. The van der Waals surface area contributed by atoms with Crippen LogP contribution in [0, 0.1) is 0 Å². The molecule has 0 aromatic rings. The predicted molar refractivity (Wildman–Crippen MR) is 108 cm³/mol. The minimum atomic E-state index is -8.69. The van der Waals surface area contributed by atoms with Crippen molar-refractivity contribution in [1.29, 1.82) is 0 Å². The molecule has 7 nitrogen and oxygen atoms in total. The molecule has 44 heavy (non-hydrogen) atoms. The highest BCUT2D eigenvalue weighted by atomic mass is 19.4. The lowest BCUT2D eigenvalue weighted by Gasteiger charge is -2.42. The molecule has 0 unspecified atom stereocenters. The number of hydrogen-bond acceptors (Lipinski definition) is 7. The molecule has 0 aliphatic heterocycles. The highest BCUT2D eigenvalue weighted by Gasteiger charge is 2.95. The van der Waals surface area contributed by atoms with Gasteiger partial charge in [-0.2, -0.15) is 74.6 Å². The van der Waals surface area contributed by atoms with E-state index in [1.165, 1.54) is 0 Å². The smallest absolute Gasteiger partial charge is 0.394 e.